The molecule has 0 saturated carbocycles. The third-order valence-electron chi connectivity index (χ3n) is 2.39. The normalized spacial score (nSPS) is 27.5. The topological polar surface area (TPSA) is 79.7 Å². The second kappa shape index (κ2) is 7.35. The first-order valence-electron chi connectivity index (χ1n) is 9.48. The van der Waals surface area contributed by atoms with Gasteiger partial charge in [-0.1, -0.05) is 0 Å². The Kier molecular flexibility index (Phi) is 3.48. The standard InChI is InChI=1S/C13H24N4O3S/c1-13(2,3)14-8-10(18)9-20-12-11(15-21-16-12)17-4-6-19-7-5-17/h10,14,18H,4-9H2,1-3H3/t10-/m0/s1/i6D2,7D2,8D2. The molecule has 0 unspecified atom stereocenters. The van der Waals surface area contributed by atoms with Crippen LogP contribution in [-0.2, 0) is 4.74 Å². The Balaban J connectivity index is 2.07. The van der Waals surface area contributed by atoms with E-state index in [-0.39, 0.29) is 24.8 Å². The van der Waals surface area contributed by atoms with E-state index in [1.54, 1.807) is 20.8 Å². The van der Waals surface area contributed by atoms with Crippen LogP contribution in [0.1, 0.15) is 29.0 Å². The van der Waals surface area contributed by atoms with Gasteiger partial charge in [0.2, 0.25) is 5.82 Å². The van der Waals surface area contributed by atoms with Crippen molar-refractivity contribution < 1.29 is 22.8 Å². The summed E-state index contributed by atoms with van der Waals surface area (Å²) in [4.78, 5) is 1.32. The lowest BCUT2D eigenvalue weighted by molar-refractivity contribution is 0.0975. The molecule has 2 rings (SSSR count). The van der Waals surface area contributed by atoms with E-state index in [2.05, 4.69) is 14.1 Å². The van der Waals surface area contributed by atoms with E-state index in [1.165, 1.54) is 4.90 Å². The smallest absolute Gasteiger partial charge is 0.270 e. The van der Waals surface area contributed by atoms with E-state index >= 15 is 0 Å². The van der Waals surface area contributed by atoms with Crippen molar-refractivity contribution in [3.05, 3.63) is 0 Å². The van der Waals surface area contributed by atoms with Crippen LogP contribution in [0, 0.1) is 0 Å². The molecule has 0 bridgehead atoms. The predicted octanol–water partition coefficient (Wildman–Crippen LogP) is 0.502. The van der Waals surface area contributed by atoms with Crippen molar-refractivity contribution in [1.29, 1.82) is 0 Å². The summed E-state index contributed by atoms with van der Waals surface area (Å²) in [5, 5.41) is 12.8. The van der Waals surface area contributed by atoms with E-state index in [0.29, 0.717) is 0 Å². The molecule has 1 aromatic heterocycles. The van der Waals surface area contributed by atoms with Gasteiger partial charge in [0.25, 0.3) is 5.88 Å². The minimum atomic E-state index is -2.23. The first-order chi connectivity index (χ1) is 12.1. The maximum Gasteiger partial charge on any atom is 0.270 e. The maximum absolute atomic E-state index is 10.1. The zero-order valence-corrected chi connectivity index (χ0v) is 13.0. The molecule has 1 aliphatic heterocycles. The summed E-state index contributed by atoms with van der Waals surface area (Å²) in [5.74, 6) is 0.0895. The van der Waals surface area contributed by atoms with Crippen LogP contribution >= 0.6 is 11.7 Å². The van der Waals surface area contributed by atoms with Crippen LogP contribution in [0.15, 0.2) is 0 Å². The Morgan fingerprint density at radius 2 is 2.24 bits per heavy atom. The zero-order chi connectivity index (χ0) is 20.7. The summed E-state index contributed by atoms with van der Waals surface area (Å²) in [6, 6.07) is 0. The number of β-amino-alcohol motifs (C(OH)–C–C–N with tert-alkyl or cyclic N) is 1. The average Bonchev–Trinajstić information content (AvgIpc) is 2.86. The Morgan fingerprint density at radius 3 is 2.90 bits per heavy atom. The fourth-order valence-electron chi connectivity index (χ4n) is 1.44. The van der Waals surface area contributed by atoms with Gasteiger partial charge in [0.05, 0.1) is 30.3 Å². The highest BCUT2D eigenvalue weighted by Crippen LogP contribution is 2.26. The largest absolute Gasteiger partial charge is 0.472 e. The van der Waals surface area contributed by atoms with Crippen LogP contribution in [-0.4, -0.2) is 64.8 Å². The highest BCUT2D eigenvalue weighted by molar-refractivity contribution is 6.99. The number of aromatic nitrogens is 2. The molecule has 0 spiro atoms. The molecule has 0 amide bonds. The van der Waals surface area contributed by atoms with E-state index in [4.69, 9.17) is 17.7 Å². The third kappa shape index (κ3) is 5.39. The molecule has 2 N–H and O–H groups in total. The molecular weight excluding hydrogens is 292 g/mol. The lowest BCUT2D eigenvalue weighted by Gasteiger charge is -2.27. The summed E-state index contributed by atoms with van der Waals surface area (Å²) in [6.07, 6.45) is -1.51. The minimum absolute atomic E-state index is 0.0286. The van der Waals surface area contributed by atoms with Crippen LogP contribution in [0.4, 0.5) is 5.82 Å². The van der Waals surface area contributed by atoms with E-state index in [0.717, 1.165) is 11.7 Å². The number of ether oxygens (including phenoxy) is 2. The molecule has 2 heterocycles. The van der Waals surface area contributed by atoms with Crippen LogP contribution in [0.3, 0.4) is 0 Å². The Bertz CT molecular complexity index is 638. The van der Waals surface area contributed by atoms with Crippen molar-refractivity contribution in [2.45, 2.75) is 32.4 Å². The fraction of sp³-hybridized carbons (Fsp3) is 0.846. The number of hydrogen-bond acceptors (Lipinski definition) is 8. The molecule has 0 radical (unpaired) electrons. The monoisotopic (exact) mass is 322 g/mol. The number of anilines is 1. The minimum Gasteiger partial charge on any atom is -0.472 e. The molecule has 0 aromatic carbocycles. The van der Waals surface area contributed by atoms with Gasteiger partial charge in [0.15, 0.2) is 0 Å². The Morgan fingerprint density at radius 1 is 1.52 bits per heavy atom. The summed E-state index contributed by atoms with van der Waals surface area (Å²) < 4.78 is 64.8. The molecule has 1 saturated heterocycles. The van der Waals surface area contributed by atoms with E-state index in [1.807, 2.05) is 0 Å². The average molecular weight is 322 g/mol. The predicted molar refractivity (Wildman–Crippen MR) is 82.2 cm³/mol. The molecule has 7 nitrogen and oxygen atoms in total. The van der Waals surface area contributed by atoms with Crippen molar-refractivity contribution in [2.24, 2.45) is 0 Å². The van der Waals surface area contributed by atoms with Crippen molar-refractivity contribution in [1.82, 2.24) is 14.1 Å². The van der Waals surface area contributed by atoms with Gasteiger partial charge in [-0.15, -0.1) is 4.37 Å². The van der Waals surface area contributed by atoms with Gasteiger partial charge in [-0.3, -0.25) is 0 Å². The zero-order valence-electron chi connectivity index (χ0n) is 18.2. The molecule has 1 fully saturated rings. The number of nitrogens with one attached hydrogen (secondary N) is 1. The highest BCUT2D eigenvalue weighted by atomic mass is 32.1. The summed E-state index contributed by atoms with van der Waals surface area (Å²) >= 11 is 0.786. The highest BCUT2D eigenvalue weighted by Gasteiger charge is 2.21. The van der Waals surface area contributed by atoms with E-state index in [9.17, 15) is 5.11 Å². The summed E-state index contributed by atoms with van der Waals surface area (Å²) in [6.45, 7) is -2.24. The first-order valence-corrected chi connectivity index (χ1v) is 7.21. The summed E-state index contributed by atoms with van der Waals surface area (Å²) in [5.41, 5.74) is -0.567. The Hall–Kier alpha value is -0.960. The lowest BCUT2D eigenvalue weighted by Crippen LogP contribution is -2.42. The number of morpholine rings is 1. The van der Waals surface area contributed by atoms with Crippen molar-refractivity contribution in [2.75, 3.05) is 44.2 Å². The van der Waals surface area contributed by atoms with Gasteiger partial charge in [-0.25, -0.2) is 0 Å². The number of nitrogens with zero attached hydrogens (tertiary/aromatic N) is 3. The van der Waals surface area contributed by atoms with Crippen molar-refractivity contribution in [3.63, 3.8) is 0 Å². The van der Waals surface area contributed by atoms with Gasteiger partial charge < -0.3 is 24.8 Å². The van der Waals surface area contributed by atoms with Gasteiger partial charge in [-0.2, -0.15) is 4.37 Å². The quantitative estimate of drug-likeness (QED) is 0.789. The van der Waals surface area contributed by atoms with Crippen molar-refractivity contribution in [3.8, 4) is 5.88 Å². The first kappa shape index (κ1) is 9.94. The number of rotatable bonds is 6. The summed E-state index contributed by atoms with van der Waals surface area (Å²) in [7, 11) is 0. The fourth-order valence-corrected chi connectivity index (χ4v) is 1.96. The van der Waals surface area contributed by atoms with Gasteiger partial charge in [0, 0.05) is 27.9 Å². The number of aliphatic hydroxyl groups is 1. The molecular formula is C13H24N4O3S. The molecule has 21 heavy (non-hydrogen) atoms. The molecule has 1 atom stereocenters. The molecule has 0 aliphatic carbocycles. The van der Waals surface area contributed by atoms with Crippen molar-refractivity contribution >= 4 is 17.5 Å². The van der Waals surface area contributed by atoms with Crippen LogP contribution in [0.5, 0.6) is 5.88 Å². The lowest BCUT2D eigenvalue weighted by atomic mass is 10.1. The van der Waals surface area contributed by atoms with Crippen LogP contribution in [0.25, 0.3) is 0 Å². The molecule has 120 valence electrons. The van der Waals surface area contributed by atoms with E-state index < -0.39 is 37.9 Å². The second-order valence-electron chi connectivity index (χ2n) is 5.49. The maximum atomic E-state index is 10.1. The Labute approximate surface area is 138 Å². The molecule has 1 aliphatic rings. The molecule has 8 heteroatoms. The van der Waals surface area contributed by atoms with Crippen LogP contribution in [0.2, 0.25) is 0 Å². The van der Waals surface area contributed by atoms with Gasteiger partial charge >= 0.3 is 0 Å². The SMILES string of the molecule is [2H]C1([2H])CN(c2nsnc2OC[C@@H](O)C([2H])([2H])NC(C)(C)C)CC([2H])([2H])O1. The van der Waals surface area contributed by atoms with Crippen LogP contribution < -0.4 is 15.0 Å². The van der Waals surface area contributed by atoms with Gasteiger partial charge in [-0.05, 0) is 20.8 Å². The number of hydrogen-bond donors (Lipinski definition) is 2. The second-order valence-corrected chi connectivity index (χ2v) is 6.01. The van der Waals surface area contributed by atoms with Gasteiger partial charge in [0.1, 0.15) is 12.7 Å². The number of aliphatic hydroxyl groups excluding tert-OH is 1. The molecule has 1 aromatic rings. The third-order valence-corrected chi connectivity index (χ3v) is 2.89.